The van der Waals surface area contributed by atoms with Crippen LogP contribution in [0, 0.1) is 11.8 Å². The van der Waals surface area contributed by atoms with Crippen LogP contribution in [0.3, 0.4) is 0 Å². The van der Waals surface area contributed by atoms with Gasteiger partial charge in [-0.15, -0.1) is 0 Å². The van der Waals surface area contributed by atoms with Crippen molar-refractivity contribution in [3.63, 3.8) is 0 Å². The maximum Gasteiger partial charge on any atom is 0.0107 e. The smallest absolute Gasteiger partial charge is 0.0107 e. The summed E-state index contributed by atoms with van der Waals surface area (Å²) < 4.78 is 0. The first-order chi connectivity index (χ1) is 9.70. The molecule has 2 atom stereocenters. The molecule has 0 amide bonds. The molecule has 20 heavy (non-hydrogen) atoms. The Bertz CT molecular complexity index is 260. The lowest BCUT2D eigenvalue weighted by molar-refractivity contribution is 0.179. The van der Waals surface area contributed by atoms with E-state index in [0.29, 0.717) is 0 Å². The van der Waals surface area contributed by atoms with E-state index in [-0.39, 0.29) is 0 Å². The summed E-state index contributed by atoms with van der Waals surface area (Å²) in [5.74, 6) is 1.74. The fourth-order valence-electron chi connectivity index (χ4n) is 3.72. The molecule has 2 heteroatoms. The Morgan fingerprint density at radius 2 is 1.80 bits per heavy atom. The molecule has 2 fully saturated rings. The number of hydrogen-bond acceptors (Lipinski definition) is 2. The average molecular weight is 281 g/mol. The molecule has 2 nitrogen and oxygen atoms in total. The van der Waals surface area contributed by atoms with Gasteiger partial charge in [-0.3, -0.25) is 0 Å². The molecular weight excluding hydrogens is 244 g/mol. The zero-order chi connectivity index (χ0) is 14.4. The van der Waals surface area contributed by atoms with E-state index in [4.69, 9.17) is 0 Å². The summed E-state index contributed by atoms with van der Waals surface area (Å²) in [5.41, 5.74) is 0. The van der Waals surface area contributed by atoms with Crippen molar-refractivity contribution in [2.24, 2.45) is 11.8 Å². The predicted octanol–water partition coefficient (Wildman–Crippen LogP) is 4.06. The zero-order valence-corrected chi connectivity index (χ0v) is 14.0. The summed E-state index contributed by atoms with van der Waals surface area (Å²) >= 11 is 0. The van der Waals surface area contributed by atoms with Crippen molar-refractivity contribution in [3.05, 3.63) is 0 Å². The number of nitrogens with zero attached hydrogens (tertiary/aromatic N) is 1. The fraction of sp³-hybridized carbons (Fsp3) is 1.00. The number of rotatable bonds is 8. The van der Waals surface area contributed by atoms with Crippen LogP contribution in [0.25, 0.3) is 0 Å². The van der Waals surface area contributed by atoms with E-state index in [1.807, 2.05) is 0 Å². The molecule has 0 bridgehead atoms. The maximum atomic E-state index is 3.78. The van der Waals surface area contributed by atoms with Crippen molar-refractivity contribution in [2.45, 2.75) is 84.2 Å². The van der Waals surface area contributed by atoms with E-state index in [0.717, 1.165) is 30.5 Å². The molecule has 2 rings (SSSR count). The van der Waals surface area contributed by atoms with Gasteiger partial charge < -0.3 is 10.2 Å². The van der Waals surface area contributed by atoms with Crippen LogP contribution in [-0.2, 0) is 0 Å². The van der Waals surface area contributed by atoms with Crippen molar-refractivity contribution in [2.75, 3.05) is 19.6 Å². The molecule has 118 valence electrons. The molecule has 0 heterocycles. The normalized spacial score (nSPS) is 28.1. The van der Waals surface area contributed by atoms with Crippen molar-refractivity contribution in [1.82, 2.24) is 10.2 Å². The molecule has 2 aliphatic rings. The molecule has 0 aromatic heterocycles. The first kappa shape index (κ1) is 16.3. The third kappa shape index (κ3) is 5.37. The SMILES string of the molecule is CCNC1CCCCCC1CN(CCC(C)C)C1CC1. The second kappa shape index (κ2) is 8.38. The Balaban J connectivity index is 1.88. The van der Waals surface area contributed by atoms with E-state index in [1.165, 1.54) is 64.5 Å². The molecule has 2 saturated carbocycles. The Morgan fingerprint density at radius 3 is 2.45 bits per heavy atom. The second-order valence-electron chi connectivity index (χ2n) is 7.47. The monoisotopic (exact) mass is 280 g/mol. The minimum absolute atomic E-state index is 0.780. The Labute approximate surface area is 126 Å². The van der Waals surface area contributed by atoms with Crippen molar-refractivity contribution >= 4 is 0 Å². The van der Waals surface area contributed by atoms with Crippen molar-refractivity contribution in [3.8, 4) is 0 Å². The lowest BCUT2D eigenvalue weighted by Gasteiger charge is -2.32. The molecule has 0 aromatic rings. The van der Waals surface area contributed by atoms with Crippen molar-refractivity contribution < 1.29 is 0 Å². The summed E-state index contributed by atoms with van der Waals surface area (Å²) in [6.45, 7) is 10.8. The van der Waals surface area contributed by atoms with Gasteiger partial charge in [-0.25, -0.2) is 0 Å². The summed E-state index contributed by atoms with van der Waals surface area (Å²) in [7, 11) is 0. The highest BCUT2D eigenvalue weighted by molar-refractivity contribution is 4.89. The Kier molecular flexibility index (Phi) is 6.83. The lowest BCUT2D eigenvalue weighted by Crippen LogP contribution is -2.43. The second-order valence-corrected chi connectivity index (χ2v) is 7.47. The molecule has 0 aromatic carbocycles. The van der Waals surface area contributed by atoms with Gasteiger partial charge >= 0.3 is 0 Å². The Morgan fingerprint density at radius 1 is 1.05 bits per heavy atom. The van der Waals surface area contributed by atoms with Crippen LogP contribution in [0.1, 0.15) is 72.1 Å². The van der Waals surface area contributed by atoms with Crippen LogP contribution in [0.4, 0.5) is 0 Å². The summed E-state index contributed by atoms with van der Waals surface area (Å²) in [4.78, 5) is 2.83. The molecule has 2 unspecified atom stereocenters. The van der Waals surface area contributed by atoms with Crippen molar-refractivity contribution in [1.29, 1.82) is 0 Å². The van der Waals surface area contributed by atoms with Crippen LogP contribution in [0.15, 0.2) is 0 Å². The van der Waals surface area contributed by atoms with Crippen LogP contribution in [-0.4, -0.2) is 36.6 Å². The highest BCUT2D eigenvalue weighted by Gasteiger charge is 2.32. The summed E-state index contributed by atoms with van der Waals surface area (Å²) in [6.07, 6.45) is 11.5. The standard InChI is InChI=1S/C18H36N2/c1-4-19-18-9-7-5-6-8-16(18)14-20(17-10-11-17)13-12-15(2)3/h15-19H,4-14H2,1-3H3. The summed E-state index contributed by atoms with van der Waals surface area (Å²) in [6, 6.07) is 1.71. The van der Waals surface area contributed by atoms with E-state index in [9.17, 15) is 0 Å². The van der Waals surface area contributed by atoms with Gasteiger partial charge in [0.15, 0.2) is 0 Å². The zero-order valence-electron chi connectivity index (χ0n) is 14.0. The van der Waals surface area contributed by atoms with Gasteiger partial charge in [0.25, 0.3) is 0 Å². The molecule has 1 N–H and O–H groups in total. The number of hydrogen-bond donors (Lipinski definition) is 1. The van der Waals surface area contributed by atoms with Crippen LogP contribution < -0.4 is 5.32 Å². The van der Waals surface area contributed by atoms with E-state index < -0.39 is 0 Å². The van der Waals surface area contributed by atoms with Crippen LogP contribution >= 0.6 is 0 Å². The first-order valence-corrected chi connectivity index (χ1v) is 9.18. The van der Waals surface area contributed by atoms with Gasteiger partial charge in [0.1, 0.15) is 0 Å². The van der Waals surface area contributed by atoms with Gasteiger partial charge in [-0.2, -0.15) is 0 Å². The van der Waals surface area contributed by atoms with E-state index in [1.54, 1.807) is 0 Å². The summed E-state index contributed by atoms with van der Waals surface area (Å²) in [5, 5.41) is 3.78. The molecule has 2 aliphatic carbocycles. The van der Waals surface area contributed by atoms with E-state index >= 15 is 0 Å². The predicted molar refractivity (Wildman–Crippen MR) is 88.1 cm³/mol. The Hall–Kier alpha value is -0.0800. The highest BCUT2D eigenvalue weighted by atomic mass is 15.2. The maximum absolute atomic E-state index is 3.78. The lowest BCUT2D eigenvalue weighted by atomic mass is 9.93. The minimum Gasteiger partial charge on any atom is -0.314 e. The largest absolute Gasteiger partial charge is 0.314 e. The quantitative estimate of drug-likeness (QED) is 0.675. The highest BCUT2D eigenvalue weighted by Crippen LogP contribution is 2.31. The van der Waals surface area contributed by atoms with Crippen LogP contribution in [0.5, 0.6) is 0 Å². The topological polar surface area (TPSA) is 15.3 Å². The van der Waals surface area contributed by atoms with Gasteiger partial charge in [0, 0.05) is 18.6 Å². The first-order valence-electron chi connectivity index (χ1n) is 9.18. The number of nitrogens with one attached hydrogen (secondary N) is 1. The molecule has 0 aliphatic heterocycles. The van der Waals surface area contributed by atoms with Gasteiger partial charge in [0.05, 0.1) is 0 Å². The third-order valence-corrected chi connectivity index (χ3v) is 5.15. The fourth-order valence-corrected chi connectivity index (χ4v) is 3.72. The van der Waals surface area contributed by atoms with E-state index in [2.05, 4.69) is 31.0 Å². The van der Waals surface area contributed by atoms with Gasteiger partial charge in [-0.1, -0.05) is 40.0 Å². The van der Waals surface area contributed by atoms with Gasteiger partial charge in [-0.05, 0) is 57.0 Å². The minimum atomic E-state index is 0.780. The molecular formula is C18H36N2. The molecule has 0 spiro atoms. The third-order valence-electron chi connectivity index (χ3n) is 5.15. The van der Waals surface area contributed by atoms with Crippen LogP contribution in [0.2, 0.25) is 0 Å². The average Bonchev–Trinajstić information content (AvgIpc) is 3.23. The molecule has 0 radical (unpaired) electrons. The van der Waals surface area contributed by atoms with Gasteiger partial charge in [0.2, 0.25) is 0 Å². The molecule has 0 saturated heterocycles.